The number of alkyl carbamates (subject to hydrolysis) is 1. The molecular formula is C41H61NO6. The molecule has 0 fully saturated rings. The van der Waals surface area contributed by atoms with Crippen molar-refractivity contribution in [1.82, 2.24) is 5.32 Å². The highest BCUT2D eigenvalue weighted by Gasteiger charge is 2.30. The molecule has 1 aliphatic rings. The number of aliphatic carboxylic acids is 1. The summed E-state index contributed by atoms with van der Waals surface area (Å²) in [6.45, 7) is 2.60. The lowest BCUT2D eigenvalue weighted by Crippen LogP contribution is -2.43. The first-order valence-corrected chi connectivity index (χ1v) is 19.0. The normalized spacial score (nSPS) is 12.7. The zero-order valence-corrected chi connectivity index (χ0v) is 29.5. The van der Waals surface area contributed by atoms with Gasteiger partial charge in [0.05, 0.1) is 13.0 Å². The summed E-state index contributed by atoms with van der Waals surface area (Å²) in [7, 11) is 0. The number of benzene rings is 2. The summed E-state index contributed by atoms with van der Waals surface area (Å²) in [6.07, 6.45) is 24.7. The van der Waals surface area contributed by atoms with Crippen LogP contribution in [0.5, 0.6) is 0 Å². The van der Waals surface area contributed by atoms with E-state index in [0.717, 1.165) is 41.5 Å². The number of carboxylic acids is 1. The standard InChI is InChI=1S/C41H61NO6/c1-2-3-4-5-6-7-8-9-10-11-12-13-14-15-16-17-18-19-20-25-30-47-39(43)31-38(40(44)45)42-41(46)48-32-37-35-28-23-21-26-33(35)34-27-22-24-29-36(34)37/h21-24,26-29,37-38H,2-20,25,30-32H2,1H3,(H,42,46)(H,44,45)/t38-/m0/s1. The average Bonchev–Trinajstić information content (AvgIpc) is 3.41. The molecule has 0 bridgehead atoms. The highest BCUT2D eigenvalue weighted by molar-refractivity contribution is 5.85. The monoisotopic (exact) mass is 663 g/mol. The summed E-state index contributed by atoms with van der Waals surface area (Å²) < 4.78 is 10.7. The molecule has 266 valence electrons. The third kappa shape index (κ3) is 14.8. The first kappa shape index (κ1) is 39.1. The lowest BCUT2D eigenvalue weighted by molar-refractivity contribution is -0.149. The van der Waals surface area contributed by atoms with Gasteiger partial charge >= 0.3 is 18.0 Å². The summed E-state index contributed by atoms with van der Waals surface area (Å²) in [6, 6.07) is 14.6. The van der Waals surface area contributed by atoms with Gasteiger partial charge in [0.25, 0.3) is 0 Å². The van der Waals surface area contributed by atoms with Crippen LogP contribution in [0.1, 0.15) is 159 Å². The van der Waals surface area contributed by atoms with Crippen molar-refractivity contribution in [2.75, 3.05) is 13.2 Å². The lowest BCUT2D eigenvalue weighted by atomic mass is 9.98. The van der Waals surface area contributed by atoms with Crippen LogP contribution in [-0.4, -0.2) is 42.4 Å². The van der Waals surface area contributed by atoms with E-state index in [4.69, 9.17) is 9.47 Å². The van der Waals surface area contributed by atoms with Crippen molar-refractivity contribution < 1.29 is 29.0 Å². The van der Waals surface area contributed by atoms with Crippen LogP contribution in [0.25, 0.3) is 11.1 Å². The zero-order valence-electron chi connectivity index (χ0n) is 29.5. The second-order valence-corrected chi connectivity index (χ2v) is 13.5. The molecule has 2 aromatic rings. The van der Waals surface area contributed by atoms with Crippen molar-refractivity contribution in [2.45, 2.75) is 154 Å². The molecular weight excluding hydrogens is 602 g/mol. The minimum absolute atomic E-state index is 0.0656. The van der Waals surface area contributed by atoms with E-state index >= 15 is 0 Å². The Kier molecular flexibility index (Phi) is 19.5. The number of hydrogen-bond donors (Lipinski definition) is 2. The molecule has 0 heterocycles. The van der Waals surface area contributed by atoms with Gasteiger partial charge in [0, 0.05) is 5.92 Å². The van der Waals surface area contributed by atoms with Crippen LogP contribution in [0.2, 0.25) is 0 Å². The van der Waals surface area contributed by atoms with Crippen LogP contribution >= 0.6 is 0 Å². The largest absolute Gasteiger partial charge is 0.480 e. The summed E-state index contributed by atoms with van der Waals surface area (Å²) in [5, 5.41) is 11.9. The maximum absolute atomic E-state index is 12.5. The molecule has 0 aliphatic heterocycles. The molecule has 0 saturated carbocycles. The SMILES string of the molecule is CCCCCCCCCCCCCCCCCCCCCCOC(=O)C[C@H](NC(=O)OCC1c2ccccc2-c2ccccc21)C(=O)O. The van der Waals surface area contributed by atoms with Crippen LogP contribution in [-0.2, 0) is 19.1 Å². The molecule has 1 atom stereocenters. The minimum Gasteiger partial charge on any atom is -0.480 e. The number of fused-ring (bicyclic) bond motifs is 3. The molecule has 0 radical (unpaired) electrons. The Morgan fingerprint density at radius 3 is 1.48 bits per heavy atom. The van der Waals surface area contributed by atoms with Gasteiger partial charge in [0.1, 0.15) is 12.6 Å². The number of hydrogen-bond acceptors (Lipinski definition) is 5. The van der Waals surface area contributed by atoms with Gasteiger partial charge in [-0.2, -0.15) is 0 Å². The van der Waals surface area contributed by atoms with E-state index in [1.807, 2.05) is 48.5 Å². The highest BCUT2D eigenvalue weighted by Crippen LogP contribution is 2.44. The van der Waals surface area contributed by atoms with E-state index in [2.05, 4.69) is 12.2 Å². The number of ether oxygens (including phenoxy) is 2. The highest BCUT2D eigenvalue weighted by atomic mass is 16.6. The van der Waals surface area contributed by atoms with Gasteiger partial charge in [-0.25, -0.2) is 9.59 Å². The van der Waals surface area contributed by atoms with Crippen molar-refractivity contribution in [3.8, 4) is 11.1 Å². The fourth-order valence-corrected chi connectivity index (χ4v) is 6.75. The molecule has 2 N–H and O–H groups in total. The molecule has 3 rings (SSSR count). The summed E-state index contributed by atoms with van der Waals surface area (Å²) in [5.74, 6) is -2.08. The molecule has 0 aromatic heterocycles. The van der Waals surface area contributed by atoms with Crippen molar-refractivity contribution in [2.24, 2.45) is 0 Å². The molecule has 48 heavy (non-hydrogen) atoms. The van der Waals surface area contributed by atoms with Gasteiger partial charge in [-0.15, -0.1) is 0 Å². The first-order chi connectivity index (χ1) is 23.5. The topological polar surface area (TPSA) is 102 Å². The van der Waals surface area contributed by atoms with E-state index in [-0.39, 0.29) is 19.1 Å². The minimum atomic E-state index is -1.41. The molecule has 2 aromatic carbocycles. The second kappa shape index (κ2) is 23.9. The smallest absolute Gasteiger partial charge is 0.407 e. The van der Waals surface area contributed by atoms with Crippen molar-refractivity contribution in [1.29, 1.82) is 0 Å². The predicted molar refractivity (Wildman–Crippen MR) is 193 cm³/mol. The molecule has 1 aliphatic carbocycles. The zero-order chi connectivity index (χ0) is 34.2. The summed E-state index contributed by atoms with van der Waals surface area (Å²) in [5.41, 5.74) is 4.34. The Labute approximate surface area is 289 Å². The van der Waals surface area contributed by atoms with Crippen molar-refractivity contribution in [3.05, 3.63) is 59.7 Å². The van der Waals surface area contributed by atoms with Gasteiger partial charge in [-0.1, -0.05) is 177 Å². The van der Waals surface area contributed by atoms with Crippen LogP contribution in [0, 0.1) is 0 Å². The first-order valence-electron chi connectivity index (χ1n) is 19.0. The van der Waals surface area contributed by atoms with E-state index < -0.39 is 30.5 Å². The van der Waals surface area contributed by atoms with E-state index in [1.165, 1.54) is 109 Å². The van der Waals surface area contributed by atoms with E-state index in [0.29, 0.717) is 0 Å². The molecule has 7 nitrogen and oxygen atoms in total. The Balaban J connectivity index is 1.15. The summed E-state index contributed by atoms with van der Waals surface area (Å²) >= 11 is 0. The summed E-state index contributed by atoms with van der Waals surface area (Å²) in [4.78, 5) is 36.6. The quantitative estimate of drug-likeness (QED) is 0.0728. The Bertz CT molecular complexity index is 1170. The number of rotatable bonds is 27. The number of carboxylic acid groups (broad SMARTS) is 1. The van der Waals surface area contributed by atoms with Crippen LogP contribution in [0.3, 0.4) is 0 Å². The maximum atomic E-state index is 12.5. The predicted octanol–water partition coefficient (Wildman–Crippen LogP) is 10.7. The van der Waals surface area contributed by atoms with Crippen molar-refractivity contribution >= 4 is 18.0 Å². The van der Waals surface area contributed by atoms with E-state index in [1.54, 1.807) is 0 Å². The van der Waals surface area contributed by atoms with Crippen LogP contribution < -0.4 is 5.32 Å². The number of carbonyl (C=O) groups excluding carboxylic acids is 2. The second-order valence-electron chi connectivity index (χ2n) is 13.5. The number of carbonyl (C=O) groups is 3. The number of unbranched alkanes of at least 4 members (excludes halogenated alkanes) is 19. The fraction of sp³-hybridized carbons (Fsp3) is 0.634. The van der Waals surface area contributed by atoms with Gasteiger partial charge in [0.2, 0.25) is 0 Å². The fourth-order valence-electron chi connectivity index (χ4n) is 6.75. The van der Waals surface area contributed by atoms with Gasteiger partial charge in [-0.05, 0) is 28.7 Å². The average molecular weight is 664 g/mol. The molecule has 0 spiro atoms. The van der Waals surface area contributed by atoms with E-state index in [9.17, 15) is 19.5 Å². The molecule has 7 heteroatoms. The molecule has 1 amide bonds. The Morgan fingerprint density at radius 2 is 1.04 bits per heavy atom. The number of nitrogens with one attached hydrogen (secondary N) is 1. The van der Waals surface area contributed by atoms with Crippen LogP contribution in [0.4, 0.5) is 4.79 Å². The third-order valence-corrected chi connectivity index (χ3v) is 9.57. The van der Waals surface area contributed by atoms with Crippen LogP contribution in [0.15, 0.2) is 48.5 Å². The Hall–Kier alpha value is -3.35. The maximum Gasteiger partial charge on any atom is 0.407 e. The van der Waals surface area contributed by atoms with Gasteiger partial charge in [-0.3, -0.25) is 4.79 Å². The van der Waals surface area contributed by atoms with Gasteiger partial charge in [0.15, 0.2) is 0 Å². The number of amides is 1. The molecule has 0 saturated heterocycles. The molecule has 0 unspecified atom stereocenters. The number of esters is 1. The van der Waals surface area contributed by atoms with Gasteiger partial charge < -0.3 is 19.9 Å². The third-order valence-electron chi connectivity index (χ3n) is 9.57. The van der Waals surface area contributed by atoms with Crippen molar-refractivity contribution in [3.63, 3.8) is 0 Å². The lowest BCUT2D eigenvalue weighted by Gasteiger charge is -2.17. The Morgan fingerprint density at radius 1 is 0.625 bits per heavy atom.